The molecule has 0 aliphatic heterocycles. The van der Waals surface area contributed by atoms with Crippen molar-refractivity contribution in [3.8, 4) is 5.75 Å². The number of hydrogen-bond acceptors (Lipinski definition) is 5. The Hall–Kier alpha value is -2.45. The second-order valence-corrected chi connectivity index (χ2v) is 9.02. The van der Waals surface area contributed by atoms with E-state index in [1.54, 1.807) is 0 Å². The minimum absolute atomic E-state index is 0.0912. The van der Waals surface area contributed by atoms with Crippen LogP contribution < -0.4 is 4.74 Å². The lowest BCUT2D eigenvalue weighted by molar-refractivity contribution is -0.274. The number of aromatic carboxylic acids is 1. The Balaban J connectivity index is 2.29. The van der Waals surface area contributed by atoms with Gasteiger partial charge < -0.3 is 14.4 Å². The van der Waals surface area contributed by atoms with Gasteiger partial charge in [0.25, 0.3) is 9.84 Å². The van der Waals surface area contributed by atoms with Gasteiger partial charge in [-0.25, -0.2) is 13.2 Å². The maximum Gasteiger partial charge on any atom is 0.573 e. The molecule has 0 saturated carbocycles. The molecule has 1 atom stereocenters. The Morgan fingerprint density at radius 3 is 2.07 bits per heavy atom. The van der Waals surface area contributed by atoms with Gasteiger partial charge in [0, 0.05) is 17.7 Å². The smallest absolute Gasteiger partial charge is 0.573 e. The minimum Gasteiger partial charge on any atom is -0.611 e. The Kier molecular flexibility index (Phi) is 6.63. The fraction of sp³-hybridized carbons (Fsp3) is 0.188. The third kappa shape index (κ3) is 5.79. The maximum atomic E-state index is 12.5. The Morgan fingerprint density at radius 1 is 1.03 bits per heavy atom. The van der Waals surface area contributed by atoms with E-state index < -0.39 is 60.8 Å². The van der Waals surface area contributed by atoms with Crippen molar-refractivity contribution in [1.29, 1.82) is 0 Å². The maximum absolute atomic E-state index is 12.5. The SMILES string of the molecule is O=C(O)c1cc(OC(F)(F)F)cc([S+]([O-])Cc2ccc(S(=O)(=O)C(F)(F)F)cc2)c1. The van der Waals surface area contributed by atoms with E-state index in [0.717, 1.165) is 18.2 Å². The highest BCUT2D eigenvalue weighted by Gasteiger charge is 2.46. The molecule has 6 nitrogen and oxygen atoms in total. The molecule has 0 aromatic heterocycles. The number of alkyl halides is 6. The summed E-state index contributed by atoms with van der Waals surface area (Å²) in [4.78, 5) is 9.69. The van der Waals surface area contributed by atoms with Crippen LogP contribution >= 0.6 is 0 Å². The van der Waals surface area contributed by atoms with Gasteiger partial charge in [0.05, 0.1) is 10.5 Å². The van der Waals surface area contributed by atoms with Crippen molar-refractivity contribution in [2.24, 2.45) is 0 Å². The van der Waals surface area contributed by atoms with Crippen LogP contribution in [0.2, 0.25) is 0 Å². The molecule has 0 fully saturated rings. The van der Waals surface area contributed by atoms with Crippen molar-refractivity contribution in [3.05, 3.63) is 53.6 Å². The molecule has 14 heteroatoms. The van der Waals surface area contributed by atoms with Crippen LogP contribution in [0.1, 0.15) is 15.9 Å². The third-order valence-electron chi connectivity index (χ3n) is 3.46. The van der Waals surface area contributed by atoms with Gasteiger partial charge in [-0.15, -0.1) is 13.2 Å². The first kappa shape index (κ1) is 23.8. The van der Waals surface area contributed by atoms with Gasteiger partial charge in [0.15, 0.2) is 4.90 Å². The van der Waals surface area contributed by atoms with E-state index in [-0.39, 0.29) is 10.5 Å². The predicted molar refractivity (Wildman–Crippen MR) is 89.9 cm³/mol. The Labute approximate surface area is 168 Å². The molecule has 0 heterocycles. The van der Waals surface area contributed by atoms with Crippen molar-refractivity contribution < 1.29 is 54.0 Å². The molecule has 0 bridgehead atoms. The quantitative estimate of drug-likeness (QED) is 0.501. The second-order valence-electron chi connectivity index (χ2n) is 5.63. The zero-order chi connectivity index (χ0) is 22.9. The van der Waals surface area contributed by atoms with Gasteiger partial charge in [-0.2, -0.15) is 13.2 Å². The van der Waals surface area contributed by atoms with Gasteiger partial charge in [-0.1, -0.05) is 12.1 Å². The number of carboxylic acid groups (broad SMARTS) is 1. The summed E-state index contributed by atoms with van der Waals surface area (Å²) in [6, 6.07) is 5.31. The van der Waals surface area contributed by atoms with Crippen molar-refractivity contribution in [2.45, 2.75) is 27.4 Å². The highest BCUT2D eigenvalue weighted by molar-refractivity contribution is 7.92. The summed E-state index contributed by atoms with van der Waals surface area (Å²) in [6.07, 6.45) is -5.13. The van der Waals surface area contributed by atoms with Gasteiger partial charge in [-0.3, -0.25) is 0 Å². The molecule has 164 valence electrons. The standard InChI is InChI=1S/C16H10F6O6S2/c17-15(18,19)28-11-5-10(14(23)24)6-12(7-11)29(25)8-9-1-3-13(4-2-9)30(26,27)16(20,21)22/h1-7H,8H2,(H,23,24). The number of carbonyl (C=O) groups is 1. The molecular formula is C16H10F6O6S2. The summed E-state index contributed by atoms with van der Waals surface area (Å²) < 4.78 is 113. The molecule has 2 rings (SSSR count). The molecular weight excluding hydrogens is 466 g/mol. The summed E-state index contributed by atoms with van der Waals surface area (Å²) >= 11 is -2.13. The summed E-state index contributed by atoms with van der Waals surface area (Å²) in [7, 11) is -5.58. The summed E-state index contributed by atoms with van der Waals surface area (Å²) in [5.41, 5.74) is -6.05. The average molecular weight is 476 g/mol. The van der Waals surface area contributed by atoms with Gasteiger partial charge >= 0.3 is 17.8 Å². The van der Waals surface area contributed by atoms with E-state index in [1.807, 2.05) is 0 Å². The van der Waals surface area contributed by atoms with Crippen LogP contribution in [0.25, 0.3) is 0 Å². The second kappa shape index (κ2) is 8.35. The first-order chi connectivity index (χ1) is 13.6. The lowest BCUT2D eigenvalue weighted by Gasteiger charge is -2.14. The molecule has 0 spiro atoms. The van der Waals surface area contributed by atoms with E-state index in [0.29, 0.717) is 24.3 Å². The van der Waals surface area contributed by atoms with E-state index >= 15 is 0 Å². The number of ether oxygens (including phenoxy) is 1. The molecule has 1 unspecified atom stereocenters. The monoisotopic (exact) mass is 476 g/mol. The lowest BCUT2D eigenvalue weighted by atomic mass is 10.2. The van der Waals surface area contributed by atoms with E-state index in [2.05, 4.69) is 4.74 Å². The van der Waals surface area contributed by atoms with Crippen LogP contribution in [-0.2, 0) is 26.8 Å². The number of halogens is 6. The van der Waals surface area contributed by atoms with Crippen molar-refractivity contribution >= 4 is 27.0 Å². The zero-order valence-corrected chi connectivity index (χ0v) is 16.0. The summed E-state index contributed by atoms with van der Waals surface area (Å²) in [5.74, 6) is -2.97. The number of benzene rings is 2. The molecule has 0 aliphatic rings. The number of sulfone groups is 1. The van der Waals surface area contributed by atoms with Crippen molar-refractivity contribution in [2.75, 3.05) is 0 Å². The normalized spacial score (nSPS) is 13.7. The first-order valence-corrected chi connectivity index (χ1v) is 10.3. The van der Waals surface area contributed by atoms with Crippen LogP contribution in [0.3, 0.4) is 0 Å². The highest BCUT2D eigenvalue weighted by Crippen LogP contribution is 2.31. The predicted octanol–water partition coefficient (Wildman–Crippen LogP) is 3.88. The van der Waals surface area contributed by atoms with Gasteiger partial charge in [-0.05, 0) is 29.4 Å². The van der Waals surface area contributed by atoms with Crippen LogP contribution in [0.5, 0.6) is 5.75 Å². The van der Waals surface area contributed by atoms with Crippen molar-refractivity contribution in [1.82, 2.24) is 0 Å². The van der Waals surface area contributed by atoms with Crippen LogP contribution in [0, 0.1) is 0 Å². The number of carboxylic acids is 1. The fourth-order valence-electron chi connectivity index (χ4n) is 2.15. The van der Waals surface area contributed by atoms with Crippen LogP contribution in [0.4, 0.5) is 26.3 Å². The topological polar surface area (TPSA) is 104 Å². The zero-order valence-electron chi connectivity index (χ0n) is 14.3. The Morgan fingerprint density at radius 2 is 1.60 bits per heavy atom. The first-order valence-electron chi connectivity index (χ1n) is 7.53. The van der Waals surface area contributed by atoms with E-state index in [4.69, 9.17) is 5.11 Å². The van der Waals surface area contributed by atoms with Gasteiger partial charge in [0.1, 0.15) is 11.5 Å². The van der Waals surface area contributed by atoms with Crippen LogP contribution in [0.15, 0.2) is 52.3 Å². The van der Waals surface area contributed by atoms with Crippen LogP contribution in [-0.4, -0.2) is 35.9 Å². The fourth-order valence-corrected chi connectivity index (χ4v) is 4.08. The summed E-state index contributed by atoms with van der Waals surface area (Å²) in [5, 5.41) is 8.99. The highest BCUT2D eigenvalue weighted by atomic mass is 32.2. The lowest BCUT2D eigenvalue weighted by Crippen LogP contribution is -2.23. The molecule has 0 aliphatic carbocycles. The third-order valence-corrected chi connectivity index (χ3v) is 6.32. The molecule has 2 aromatic rings. The molecule has 0 radical (unpaired) electrons. The molecule has 1 N–H and O–H groups in total. The Bertz CT molecular complexity index is 1030. The minimum atomic E-state index is -5.58. The average Bonchev–Trinajstić information content (AvgIpc) is 2.59. The molecule has 0 amide bonds. The van der Waals surface area contributed by atoms with Gasteiger partial charge in [0.2, 0.25) is 0 Å². The van der Waals surface area contributed by atoms with Crippen molar-refractivity contribution in [3.63, 3.8) is 0 Å². The number of hydrogen-bond donors (Lipinski definition) is 1. The largest absolute Gasteiger partial charge is 0.611 e. The van der Waals surface area contributed by atoms with E-state index in [1.165, 1.54) is 0 Å². The molecule has 2 aromatic carbocycles. The molecule has 0 saturated heterocycles. The summed E-state index contributed by atoms with van der Waals surface area (Å²) in [6.45, 7) is 0. The number of rotatable bonds is 6. The molecule has 30 heavy (non-hydrogen) atoms. The van der Waals surface area contributed by atoms with E-state index in [9.17, 15) is 44.1 Å².